The summed E-state index contributed by atoms with van der Waals surface area (Å²) in [7, 11) is 0. The number of hydrogen-bond donors (Lipinski definition) is 0. The van der Waals surface area contributed by atoms with Gasteiger partial charge < -0.3 is 0 Å². The minimum absolute atomic E-state index is 0.987. The van der Waals surface area contributed by atoms with E-state index in [1.54, 1.807) is 0 Å². The molecule has 0 atom stereocenters. The summed E-state index contributed by atoms with van der Waals surface area (Å²) in [5.41, 5.74) is 4.16. The Labute approximate surface area is 126 Å². The summed E-state index contributed by atoms with van der Waals surface area (Å²) < 4.78 is 2.36. The van der Waals surface area contributed by atoms with Crippen LogP contribution in [-0.2, 0) is 13.0 Å². The van der Waals surface area contributed by atoms with Crippen LogP contribution in [0.15, 0.2) is 60.8 Å². The fourth-order valence-corrected chi connectivity index (χ4v) is 3.06. The molecule has 1 heterocycles. The van der Waals surface area contributed by atoms with Gasteiger partial charge in [0.25, 0.3) is 0 Å². The molecule has 0 spiro atoms. The van der Waals surface area contributed by atoms with Gasteiger partial charge in [-0.25, -0.2) is 0 Å². The number of nitrogens with zero attached hydrogens (tertiary/aromatic N) is 1. The molecule has 0 radical (unpaired) electrons. The Morgan fingerprint density at radius 3 is 2.43 bits per heavy atom. The molecular formula is C20H22N+. The summed E-state index contributed by atoms with van der Waals surface area (Å²) in [6, 6.07) is 19.7. The molecule has 0 saturated heterocycles. The van der Waals surface area contributed by atoms with Crippen molar-refractivity contribution in [1.82, 2.24) is 0 Å². The molecule has 0 aliphatic rings. The van der Waals surface area contributed by atoms with Gasteiger partial charge in [-0.2, -0.15) is 4.57 Å². The van der Waals surface area contributed by atoms with Crippen LogP contribution in [0.2, 0.25) is 0 Å². The maximum absolute atomic E-state index is 2.36. The Morgan fingerprint density at radius 2 is 1.62 bits per heavy atom. The van der Waals surface area contributed by atoms with Crippen molar-refractivity contribution in [1.29, 1.82) is 0 Å². The van der Waals surface area contributed by atoms with Gasteiger partial charge in [-0.3, -0.25) is 0 Å². The molecule has 0 aliphatic carbocycles. The van der Waals surface area contributed by atoms with Gasteiger partial charge in [0.2, 0.25) is 5.69 Å². The van der Waals surface area contributed by atoms with Crippen molar-refractivity contribution < 1.29 is 4.57 Å². The van der Waals surface area contributed by atoms with Crippen LogP contribution < -0.4 is 4.57 Å². The zero-order valence-electron chi connectivity index (χ0n) is 12.8. The minimum atomic E-state index is 0.987. The molecule has 1 heteroatoms. The van der Waals surface area contributed by atoms with E-state index >= 15 is 0 Å². The lowest BCUT2D eigenvalue weighted by Gasteiger charge is -2.10. The third-order valence-corrected chi connectivity index (χ3v) is 4.07. The van der Waals surface area contributed by atoms with Crippen molar-refractivity contribution in [3.63, 3.8) is 0 Å². The van der Waals surface area contributed by atoms with Crippen LogP contribution in [0.4, 0.5) is 0 Å². The Balaban J connectivity index is 2.33. The average molecular weight is 276 g/mol. The van der Waals surface area contributed by atoms with Crippen LogP contribution in [-0.4, -0.2) is 0 Å². The normalized spacial score (nSPS) is 11.0. The first-order valence-corrected chi connectivity index (χ1v) is 7.84. The van der Waals surface area contributed by atoms with Gasteiger partial charge in [0, 0.05) is 11.6 Å². The molecule has 0 fully saturated rings. The van der Waals surface area contributed by atoms with Crippen molar-refractivity contribution >= 4 is 10.8 Å². The van der Waals surface area contributed by atoms with E-state index in [4.69, 9.17) is 0 Å². The Kier molecular flexibility index (Phi) is 4.01. The first-order valence-electron chi connectivity index (χ1n) is 7.84. The number of pyridine rings is 1. The minimum Gasteiger partial charge on any atom is -0.198 e. The third kappa shape index (κ3) is 2.56. The molecule has 0 bridgehead atoms. The molecule has 3 aromatic rings. The number of aromatic nitrogens is 1. The van der Waals surface area contributed by atoms with Crippen molar-refractivity contribution in [3.8, 4) is 11.3 Å². The molecule has 21 heavy (non-hydrogen) atoms. The second kappa shape index (κ2) is 6.09. The predicted octanol–water partition coefficient (Wildman–Crippen LogP) is 4.77. The average Bonchev–Trinajstić information content (AvgIpc) is 2.55. The van der Waals surface area contributed by atoms with Crippen molar-refractivity contribution in [3.05, 3.63) is 66.4 Å². The third-order valence-electron chi connectivity index (χ3n) is 4.07. The van der Waals surface area contributed by atoms with Crippen LogP contribution in [0.5, 0.6) is 0 Å². The monoisotopic (exact) mass is 276 g/mol. The molecule has 0 saturated carbocycles. The van der Waals surface area contributed by atoms with E-state index in [-0.39, 0.29) is 0 Å². The van der Waals surface area contributed by atoms with E-state index in [0.717, 1.165) is 13.0 Å². The van der Waals surface area contributed by atoms with Gasteiger partial charge in [-0.1, -0.05) is 49.7 Å². The van der Waals surface area contributed by atoms with Crippen molar-refractivity contribution in [2.45, 2.75) is 33.2 Å². The molecule has 0 amide bonds. The molecule has 0 aliphatic heterocycles. The number of rotatable bonds is 4. The van der Waals surface area contributed by atoms with E-state index in [9.17, 15) is 0 Å². The van der Waals surface area contributed by atoms with Gasteiger partial charge in [0.15, 0.2) is 6.20 Å². The lowest BCUT2D eigenvalue weighted by molar-refractivity contribution is -0.681. The van der Waals surface area contributed by atoms with Crippen LogP contribution >= 0.6 is 0 Å². The number of hydrogen-bond acceptors (Lipinski definition) is 0. The molecular weight excluding hydrogens is 254 g/mol. The first kappa shape index (κ1) is 13.8. The maximum atomic E-state index is 2.36. The summed E-state index contributed by atoms with van der Waals surface area (Å²) >= 11 is 0. The zero-order chi connectivity index (χ0) is 14.7. The first-order chi connectivity index (χ1) is 10.3. The van der Waals surface area contributed by atoms with Crippen LogP contribution in [0.25, 0.3) is 22.0 Å². The molecule has 3 rings (SSSR count). The highest BCUT2D eigenvalue weighted by Gasteiger charge is 2.18. The zero-order valence-corrected chi connectivity index (χ0v) is 12.8. The van der Waals surface area contributed by atoms with E-state index in [1.165, 1.54) is 34.0 Å². The fraction of sp³-hybridized carbons (Fsp3) is 0.250. The fourth-order valence-electron chi connectivity index (χ4n) is 3.06. The summed E-state index contributed by atoms with van der Waals surface area (Å²) in [5.74, 6) is 0. The number of aryl methyl sites for hydroxylation is 2. The van der Waals surface area contributed by atoms with E-state index in [0.29, 0.717) is 0 Å². The van der Waals surface area contributed by atoms with Gasteiger partial charge in [-0.15, -0.1) is 0 Å². The molecule has 0 unspecified atom stereocenters. The molecule has 1 nitrogen and oxygen atoms in total. The highest BCUT2D eigenvalue weighted by atomic mass is 14.9. The Hall–Kier alpha value is -2.15. The lowest BCUT2D eigenvalue weighted by Crippen LogP contribution is -2.34. The maximum Gasteiger partial charge on any atom is 0.220 e. The highest BCUT2D eigenvalue weighted by molar-refractivity contribution is 5.93. The van der Waals surface area contributed by atoms with Crippen molar-refractivity contribution in [2.24, 2.45) is 0 Å². The van der Waals surface area contributed by atoms with Crippen LogP contribution in [0.3, 0.4) is 0 Å². The van der Waals surface area contributed by atoms with Gasteiger partial charge >= 0.3 is 0 Å². The topological polar surface area (TPSA) is 3.88 Å². The number of benzene rings is 2. The van der Waals surface area contributed by atoms with E-state index in [2.05, 4.69) is 79.2 Å². The molecule has 2 aromatic carbocycles. The van der Waals surface area contributed by atoms with Gasteiger partial charge in [0.05, 0.1) is 5.39 Å². The predicted molar refractivity (Wildman–Crippen MR) is 89.2 cm³/mol. The van der Waals surface area contributed by atoms with Gasteiger partial charge in [0.1, 0.15) is 6.54 Å². The number of fused-ring (bicyclic) bond motifs is 1. The summed E-state index contributed by atoms with van der Waals surface area (Å²) in [4.78, 5) is 0. The van der Waals surface area contributed by atoms with E-state index < -0.39 is 0 Å². The smallest absolute Gasteiger partial charge is 0.198 e. The van der Waals surface area contributed by atoms with E-state index in [1.807, 2.05) is 0 Å². The summed E-state index contributed by atoms with van der Waals surface area (Å²) in [6.45, 7) is 5.44. The summed E-state index contributed by atoms with van der Waals surface area (Å²) in [6.07, 6.45) is 4.51. The Morgan fingerprint density at radius 1 is 0.857 bits per heavy atom. The molecule has 1 aromatic heterocycles. The van der Waals surface area contributed by atoms with Crippen LogP contribution in [0.1, 0.15) is 25.8 Å². The Bertz CT molecular complexity index is 759. The molecule has 106 valence electrons. The largest absolute Gasteiger partial charge is 0.220 e. The lowest BCUT2D eigenvalue weighted by atomic mass is 9.96. The standard InChI is InChI=1S/C20H22N/c1-3-9-16-10-5-7-12-18(16)20-19-13-8-6-11-17(19)14-15-21(20)4-2/h5-8,10-15H,3-4,9H2,1-2H3/q+1. The summed E-state index contributed by atoms with van der Waals surface area (Å²) in [5, 5.41) is 2.65. The quantitative estimate of drug-likeness (QED) is 0.604. The van der Waals surface area contributed by atoms with Crippen molar-refractivity contribution in [2.75, 3.05) is 0 Å². The SMILES string of the molecule is CCCc1ccccc1-c1c2ccccc2cc[n+]1CC. The van der Waals surface area contributed by atoms with Crippen LogP contribution in [0, 0.1) is 0 Å². The van der Waals surface area contributed by atoms with Gasteiger partial charge in [-0.05, 0) is 36.4 Å². The second-order valence-corrected chi connectivity index (χ2v) is 5.44. The molecule has 0 N–H and O–H groups in total. The highest BCUT2D eigenvalue weighted by Crippen LogP contribution is 2.28. The second-order valence-electron chi connectivity index (χ2n) is 5.44.